The van der Waals surface area contributed by atoms with Gasteiger partial charge in [-0.25, -0.2) is 0 Å². The van der Waals surface area contributed by atoms with Gasteiger partial charge in [0, 0.05) is 48.4 Å². The number of hydrogen-bond acceptors (Lipinski definition) is 3. The van der Waals surface area contributed by atoms with Crippen LogP contribution in [0.4, 0.5) is 0 Å². The molecule has 1 heterocycles. The van der Waals surface area contributed by atoms with Gasteiger partial charge in [0.1, 0.15) is 11.4 Å². The number of hydrogen-bond donors (Lipinski definition) is 1. The number of ether oxygens (including phenoxy) is 1. The minimum absolute atomic E-state index is 0.213. The molecule has 0 bridgehead atoms. The van der Waals surface area contributed by atoms with Crippen molar-refractivity contribution in [1.29, 1.82) is 0 Å². The normalized spacial score (nSPS) is 11.4. The van der Waals surface area contributed by atoms with Crippen LogP contribution in [0, 0.1) is 0 Å². The first kappa shape index (κ1) is 21.2. The van der Waals surface area contributed by atoms with Crippen LogP contribution in [-0.4, -0.2) is 41.5 Å². The van der Waals surface area contributed by atoms with Crippen LogP contribution in [0.2, 0.25) is 0 Å². The molecule has 0 saturated heterocycles. The Bertz CT molecular complexity index is 1080. The predicted molar refractivity (Wildman–Crippen MR) is 119 cm³/mol. The van der Waals surface area contributed by atoms with Crippen LogP contribution >= 0.6 is 0 Å². The molecule has 0 radical (unpaired) electrons. The van der Waals surface area contributed by atoms with Gasteiger partial charge in [-0.3, -0.25) is 9.59 Å². The zero-order valence-corrected chi connectivity index (χ0v) is 17.8. The van der Waals surface area contributed by atoms with E-state index in [-0.39, 0.29) is 17.5 Å². The third-order valence-electron chi connectivity index (χ3n) is 5.11. The molecule has 6 nitrogen and oxygen atoms in total. The molecule has 0 atom stereocenters. The van der Waals surface area contributed by atoms with E-state index in [9.17, 15) is 9.59 Å². The van der Waals surface area contributed by atoms with Gasteiger partial charge in [-0.15, -0.1) is 0 Å². The minimum atomic E-state index is -0.343. The number of aromatic nitrogens is 1. The molecule has 3 rings (SSSR count). The average Bonchev–Trinajstić information content (AvgIpc) is 3.09. The summed E-state index contributed by atoms with van der Waals surface area (Å²) in [6.45, 7) is 4.95. The third-order valence-corrected chi connectivity index (χ3v) is 5.11. The van der Waals surface area contributed by atoms with Crippen molar-refractivity contribution in [3.05, 3.63) is 71.6 Å². The van der Waals surface area contributed by atoms with Gasteiger partial charge in [0.25, 0.3) is 11.8 Å². The maximum Gasteiger partial charge on any atom is 0.270 e. The molecular weight excluding hydrogens is 378 g/mol. The van der Waals surface area contributed by atoms with E-state index in [0.717, 1.165) is 16.5 Å². The molecule has 30 heavy (non-hydrogen) atoms. The van der Waals surface area contributed by atoms with Gasteiger partial charge >= 0.3 is 0 Å². The number of nitrogens with zero attached hydrogens (tertiary/aromatic N) is 2. The number of aryl methyl sites for hydroxylation is 1. The Morgan fingerprint density at radius 2 is 1.73 bits per heavy atom. The molecule has 156 valence electrons. The van der Waals surface area contributed by atoms with Crippen LogP contribution < -0.4 is 10.1 Å². The molecule has 0 aliphatic heterocycles. The van der Waals surface area contributed by atoms with Crippen LogP contribution in [0.3, 0.4) is 0 Å². The number of fused-ring (bicyclic) bond motifs is 1. The van der Waals surface area contributed by atoms with E-state index in [4.69, 9.17) is 4.74 Å². The zero-order valence-electron chi connectivity index (χ0n) is 17.8. The van der Waals surface area contributed by atoms with Crippen LogP contribution in [-0.2, 0) is 11.8 Å². The maximum atomic E-state index is 13.1. The summed E-state index contributed by atoms with van der Waals surface area (Å²) in [5.74, 6) is 0.108. The summed E-state index contributed by atoms with van der Waals surface area (Å²) in [7, 11) is 3.53. The topological polar surface area (TPSA) is 63.6 Å². The quantitative estimate of drug-likeness (QED) is 0.608. The second kappa shape index (κ2) is 9.31. The first-order valence-electron chi connectivity index (χ1n) is 9.98. The Balaban J connectivity index is 2.00. The van der Waals surface area contributed by atoms with Gasteiger partial charge in [-0.1, -0.05) is 18.2 Å². The first-order chi connectivity index (χ1) is 14.5. The highest BCUT2D eigenvalue weighted by molar-refractivity contribution is 6.06. The van der Waals surface area contributed by atoms with E-state index in [2.05, 4.69) is 5.32 Å². The number of benzene rings is 2. The fourth-order valence-electron chi connectivity index (χ4n) is 3.41. The standard InChI is InChI=1S/C24H27N3O3/c1-5-27(6-2)24(29)21(25-23(28)17-11-13-19(30-4)14-12-17)15-18-16-26(3)22-10-8-7-9-20(18)22/h7-16H,5-6H2,1-4H3,(H,25,28)/b21-15+. The monoisotopic (exact) mass is 405 g/mol. The number of rotatable bonds is 7. The molecular formula is C24H27N3O3. The van der Waals surface area contributed by atoms with E-state index in [1.54, 1.807) is 42.4 Å². The van der Waals surface area contributed by atoms with Crippen LogP contribution in [0.15, 0.2) is 60.4 Å². The van der Waals surface area contributed by atoms with Gasteiger partial charge in [0.2, 0.25) is 0 Å². The first-order valence-corrected chi connectivity index (χ1v) is 9.98. The predicted octanol–water partition coefficient (Wildman–Crippen LogP) is 3.83. The molecule has 3 aromatic rings. The van der Waals surface area contributed by atoms with Crippen LogP contribution in [0.5, 0.6) is 5.75 Å². The van der Waals surface area contributed by atoms with Crippen molar-refractivity contribution in [2.45, 2.75) is 13.8 Å². The lowest BCUT2D eigenvalue weighted by molar-refractivity contribution is -0.127. The summed E-state index contributed by atoms with van der Waals surface area (Å²) < 4.78 is 7.15. The highest BCUT2D eigenvalue weighted by Crippen LogP contribution is 2.23. The molecule has 1 aromatic heterocycles. The van der Waals surface area contributed by atoms with Gasteiger partial charge in [-0.2, -0.15) is 0 Å². The fraction of sp³-hybridized carbons (Fsp3) is 0.250. The Labute approximate surface area is 176 Å². The van der Waals surface area contributed by atoms with Crippen LogP contribution in [0.1, 0.15) is 29.8 Å². The molecule has 0 aliphatic rings. The SMILES string of the molecule is CCN(CC)C(=O)/C(=C\c1cn(C)c2ccccc12)NC(=O)c1ccc(OC)cc1. The lowest BCUT2D eigenvalue weighted by Crippen LogP contribution is -2.38. The molecule has 0 aliphatic carbocycles. The molecule has 2 amide bonds. The number of nitrogens with one attached hydrogen (secondary N) is 1. The Morgan fingerprint density at radius 1 is 1.07 bits per heavy atom. The van der Waals surface area contributed by atoms with Crippen molar-refractivity contribution in [2.75, 3.05) is 20.2 Å². The highest BCUT2D eigenvalue weighted by atomic mass is 16.5. The van der Waals surface area contributed by atoms with Gasteiger partial charge in [0.05, 0.1) is 7.11 Å². The molecule has 6 heteroatoms. The van der Waals surface area contributed by atoms with Gasteiger partial charge in [0.15, 0.2) is 0 Å². The van der Waals surface area contributed by atoms with Crippen molar-refractivity contribution in [1.82, 2.24) is 14.8 Å². The fourth-order valence-corrected chi connectivity index (χ4v) is 3.41. The number of amides is 2. The number of carbonyl (C=O) groups excluding carboxylic acids is 2. The highest BCUT2D eigenvalue weighted by Gasteiger charge is 2.20. The summed E-state index contributed by atoms with van der Waals surface area (Å²) in [4.78, 5) is 27.7. The molecule has 0 saturated carbocycles. The minimum Gasteiger partial charge on any atom is -0.497 e. The average molecular weight is 405 g/mol. The smallest absolute Gasteiger partial charge is 0.270 e. The molecule has 0 unspecified atom stereocenters. The second-order valence-electron chi connectivity index (χ2n) is 6.93. The van der Waals surface area contributed by atoms with Gasteiger partial charge < -0.3 is 19.5 Å². The lowest BCUT2D eigenvalue weighted by Gasteiger charge is -2.21. The molecule has 0 spiro atoms. The summed E-state index contributed by atoms with van der Waals surface area (Å²) in [6, 6.07) is 14.7. The summed E-state index contributed by atoms with van der Waals surface area (Å²) in [5.41, 5.74) is 2.63. The summed E-state index contributed by atoms with van der Waals surface area (Å²) in [5, 5.41) is 3.84. The van der Waals surface area contributed by atoms with E-state index in [1.807, 2.05) is 55.9 Å². The largest absolute Gasteiger partial charge is 0.497 e. The molecule has 1 N–H and O–H groups in total. The lowest BCUT2D eigenvalue weighted by atomic mass is 10.1. The van der Waals surface area contributed by atoms with E-state index >= 15 is 0 Å². The van der Waals surface area contributed by atoms with E-state index in [0.29, 0.717) is 24.4 Å². The molecule has 0 fully saturated rings. The van der Waals surface area contributed by atoms with Crippen molar-refractivity contribution in [3.63, 3.8) is 0 Å². The zero-order chi connectivity index (χ0) is 21.7. The summed E-state index contributed by atoms with van der Waals surface area (Å²) in [6.07, 6.45) is 3.71. The van der Waals surface area contributed by atoms with Crippen molar-refractivity contribution in [3.8, 4) is 5.75 Å². The number of methoxy groups -OCH3 is 1. The van der Waals surface area contributed by atoms with Crippen LogP contribution in [0.25, 0.3) is 17.0 Å². The number of carbonyl (C=O) groups is 2. The Kier molecular flexibility index (Phi) is 6.57. The van der Waals surface area contributed by atoms with E-state index in [1.165, 1.54) is 0 Å². The van der Waals surface area contributed by atoms with Gasteiger partial charge in [-0.05, 0) is 50.3 Å². The number of para-hydroxylation sites is 1. The third kappa shape index (κ3) is 4.38. The Hall–Kier alpha value is -3.54. The maximum absolute atomic E-state index is 13.1. The number of likely N-dealkylation sites (N-methyl/N-ethyl adjacent to an activating group) is 1. The van der Waals surface area contributed by atoms with E-state index < -0.39 is 0 Å². The van der Waals surface area contributed by atoms with Crippen molar-refractivity contribution in [2.24, 2.45) is 7.05 Å². The summed E-state index contributed by atoms with van der Waals surface area (Å²) >= 11 is 0. The Morgan fingerprint density at radius 3 is 2.37 bits per heavy atom. The van der Waals surface area contributed by atoms with Crippen molar-refractivity contribution >= 4 is 28.8 Å². The van der Waals surface area contributed by atoms with Crippen molar-refractivity contribution < 1.29 is 14.3 Å². The molecule has 2 aromatic carbocycles. The second-order valence-corrected chi connectivity index (χ2v) is 6.93.